The van der Waals surface area contributed by atoms with Crippen LogP contribution in [0.25, 0.3) is 0 Å². The zero-order valence-electron chi connectivity index (χ0n) is 13.7. The van der Waals surface area contributed by atoms with Crippen molar-refractivity contribution < 1.29 is 4.79 Å². The summed E-state index contributed by atoms with van der Waals surface area (Å²) in [5.41, 5.74) is 1.70. The zero-order valence-corrected chi connectivity index (χ0v) is 16.1. The van der Waals surface area contributed by atoms with Gasteiger partial charge in [-0.1, -0.05) is 17.7 Å². The molecular weight excluding hydrogens is 357 g/mol. The SMILES string of the molecule is Cc1c(Cl)cccc1NC(=O)CN(C)CCN1CCCC1.Cl.Cl. The van der Waals surface area contributed by atoms with Crippen molar-refractivity contribution in [3.63, 3.8) is 0 Å². The number of nitrogens with zero attached hydrogens (tertiary/aromatic N) is 2. The maximum Gasteiger partial charge on any atom is 0.238 e. The van der Waals surface area contributed by atoms with E-state index in [0.717, 1.165) is 24.3 Å². The third-order valence-corrected chi connectivity index (χ3v) is 4.36. The lowest BCUT2D eigenvalue weighted by Crippen LogP contribution is -2.36. The standard InChI is InChI=1S/C16H24ClN3O.2ClH/c1-13-14(17)6-5-7-15(13)18-16(21)12-19(2)10-11-20-8-3-4-9-20;;/h5-7H,3-4,8-12H2,1-2H3,(H,18,21);2*1H. The number of halogens is 3. The Hall–Kier alpha value is -0.520. The molecule has 1 aliphatic rings. The molecule has 7 heteroatoms. The summed E-state index contributed by atoms with van der Waals surface area (Å²) in [6, 6.07) is 5.56. The first-order valence-corrected chi connectivity index (χ1v) is 7.90. The number of anilines is 1. The molecule has 0 bridgehead atoms. The van der Waals surface area contributed by atoms with Gasteiger partial charge in [-0.25, -0.2) is 0 Å². The molecule has 1 aliphatic heterocycles. The van der Waals surface area contributed by atoms with E-state index >= 15 is 0 Å². The van der Waals surface area contributed by atoms with E-state index in [1.807, 2.05) is 32.2 Å². The summed E-state index contributed by atoms with van der Waals surface area (Å²) in [5, 5.41) is 3.61. The summed E-state index contributed by atoms with van der Waals surface area (Å²) in [6.07, 6.45) is 2.61. The quantitative estimate of drug-likeness (QED) is 0.818. The van der Waals surface area contributed by atoms with Gasteiger partial charge in [0.1, 0.15) is 0 Å². The van der Waals surface area contributed by atoms with Crippen LogP contribution in [0.2, 0.25) is 5.02 Å². The van der Waals surface area contributed by atoms with Crippen molar-refractivity contribution >= 4 is 48.0 Å². The number of likely N-dealkylation sites (tertiary alicyclic amines) is 1. The van der Waals surface area contributed by atoms with Crippen LogP contribution < -0.4 is 5.32 Å². The molecule has 0 atom stereocenters. The molecule has 132 valence electrons. The summed E-state index contributed by atoms with van der Waals surface area (Å²) in [5.74, 6) is 0.00397. The number of benzene rings is 1. The van der Waals surface area contributed by atoms with Gasteiger partial charge in [-0.3, -0.25) is 9.69 Å². The number of hydrogen-bond acceptors (Lipinski definition) is 3. The number of nitrogens with one attached hydrogen (secondary N) is 1. The van der Waals surface area contributed by atoms with E-state index < -0.39 is 0 Å². The number of carbonyl (C=O) groups is 1. The highest BCUT2D eigenvalue weighted by Crippen LogP contribution is 2.22. The first-order valence-electron chi connectivity index (χ1n) is 7.52. The summed E-state index contributed by atoms with van der Waals surface area (Å²) >= 11 is 6.06. The highest BCUT2D eigenvalue weighted by molar-refractivity contribution is 6.31. The molecule has 2 rings (SSSR count). The number of carbonyl (C=O) groups excluding carboxylic acids is 1. The number of likely N-dealkylation sites (N-methyl/N-ethyl adjacent to an activating group) is 1. The molecule has 4 nitrogen and oxygen atoms in total. The molecule has 1 N–H and O–H groups in total. The van der Waals surface area contributed by atoms with Gasteiger partial charge in [-0.05, 0) is 57.6 Å². The summed E-state index contributed by atoms with van der Waals surface area (Å²) in [4.78, 5) is 16.6. The van der Waals surface area contributed by atoms with Crippen molar-refractivity contribution in [3.05, 3.63) is 28.8 Å². The van der Waals surface area contributed by atoms with E-state index in [0.29, 0.717) is 11.6 Å². The van der Waals surface area contributed by atoms with Gasteiger partial charge in [0.25, 0.3) is 0 Å². The molecule has 1 aromatic rings. The Kier molecular flexibility index (Phi) is 10.9. The number of hydrogen-bond donors (Lipinski definition) is 1. The molecular formula is C16H26Cl3N3O. The van der Waals surface area contributed by atoms with Crippen LogP contribution in [0.4, 0.5) is 5.69 Å². The van der Waals surface area contributed by atoms with Crippen molar-refractivity contribution in [1.82, 2.24) is 9.80 Å². The molecule has 1 heterocycles. The molecule has 0 saturated carbocycles. The maximum absolute atomic E-state index is 12.1. The number of rotatable bonds is 6. The molecule has 0 radical (unpaired) electrons. The fourth-order valence-corrected chi connectivity index (χ4v) is 2.75. The zero-order chi connectivity index (χ0) is 15.2. The lowest BCUT2D eigenvalue weighted by Gasteiger charge is -2.21. The van der Waals surface area contributed by atoms with Gasteiger partial charge in [0.15, 0.2) is 0 Å². The van der Waals surface area contributed by atoms with E-state index in [1.54, 1.807) is 0 Å². The van der Waals surface area contributed by atoms with Crippen molar-refractivity contribution in [2.45, 2.75) is 19.8 Å². The first-order chi connectivity index (χ1) is 10.1. The Labute approximate surface area is 156 Å². The molecule has 1 aromatic carbocycles. The monoisotopic (exact) mass is 381 g/mol. The first kappa shape index (κ1) is 22.5. The minimum Gasteiger partial charge on any atom is -0.325 e. The van der Waals surface area contributed by atoms with E-state index in [9.17, 15) is 4.79 Å². The van der Waals surface area contributed by atoms with Crippen molar-refractivity contribution in [2.75, 3.05) is 45.1 Å². The van der Waals surface area contributed by atoms with E-state index in [4.69, 9.17) is 11.6 Å². The van der Waals surface area contributed by atoms with Gasteiger partial charge in [0, 0.05) is 23.8 Å². The second-order valence-corrected chi connectivity index (χ2v) is 6.15. The minimum atomic E-state index is 0. The van der Waals surface area contributed by atoms with Crippen LogP contribution in [0.1, 0.15) is 18.4 Å². The minimum absolute atomic E-state index is 0. The second kappa shape index (κ2) is 11.1. The van der Waals surface area contributed by atoms with Gasteiger partial charge in [0.05, 0.1) is 6.54 Å². The molecule has 1 fully saturated rings. The molecule has 0 spiro atoms. The average Bonchev–Trinajstić information content (AvgIpc) is 2.95. The van der Waals surface area contributed by atoms with Crippen molar-refractivity contribution in [1.29, 1.82) is 0 Å². The largest absolute Gasteiger partial charge is 0.325 e. The fraction of sp³-hybridized carbons (Fsp3) is 0.562. The van der Waals surface area contributed by atoms with Crippen LogP contribution >= 0.6 is 36.4 Å². The van der Waals surface area contributed by atoms with Crippen molar-refractivity contribution in [2.24, 2.45) is 0 Å². The second-order valence-electron chi connectivity index (χ2n) is 5.75. The number of amides is 1. The lowest BCUT2D eigenvalue weighted by molar-refractivity contribution is -0.117. The molecule has 0 aromatic heterocycles. The highest BCUT2D eigenvalue weighted by Gasteiger charge is 2.13. The summed E-state index contributed by atoms with van der Waals surface area (Å²) < 4.78 is 0. The van der Waals surface area contributed by atoms with Gasteiger partial charge in [0.2, 0.25) is 5.91 Å². The molecule has 0 unspecified atom stereocenters. The van der Waals surface area contributed by atoms with Gasteiger partial charge >= 0.3 is 0 Å². The molecule has 1 amide bonds. The molecule has 0 aliphatic carbocycles. The smallest absolute Gasteiger partial charge is 0.238 e. The van der Waals surface area contributed by atoms with Crippen LogP contribution in [0.15, 0.2) is 18.2 Å². The fourth-order valence-electron chi connectivity index (χ4n) is 2.58. The predicted molar refractivity (Wildman–Crippen MR) is 102 cm³/mol. The lowest BCUT2D eigenvalue weighted by atomic mass is 10.2. The Morgan fingerprint density at radius 2 is 1.96 bits per heavy atom. The molecule has 23 heavy (non-hydrogen) atoms. The molecule has 1 saturated heterocycles. The summed E-state index contributed by atoms with van der Waals surface area (Å²) in [6.45, 7) is 6.67. The van der Waals surface area contributed by atoms with Gasteiger partial charge in [-0.2, -0.15) is 0 Å². The Balaban J connectivity index is 0.00000242. The average molecular weight is 383 g/mol. The van der Waals surface area contributed by atoms with Crippen LogP contribution in [-0.4, -0.2) is 55.5 Å². The van der Waals surface area contributed by atoms with Crippen LogP contribution in [0.3, 0.4) is 0 Å². The maximum atomic E-state index is 12.1. The van der Waals surface area contributed by atoms with Gasteiger partial charge < -0.3 is 10.2 Å². The van der Waals surface area contributed by atoms with E-state index in [2.05, 4.69) is 15.1 Å². The third-order valence-electron chi connectivity index (χ3n) is 3.95. The third kappa shape index (κ3) is 7.27. The predicted octanol–water partition coefficient (Wildman–Crippen LogP) is 3.46. The van der Waals surface area contributed by atoms with Gasteiger partial charge in [-0.15, -0.1) is 24.8 Å². The highest BCUT2D eigenvalue weighted by atomic mass is 35.5. The Bertz CT molecular complexity index is 493. The Morgan fingerprint density at radius 3 is 2.61 bits per heavy atom. The Morgan fingerprint density at radius 1 is 1.30 bits per heavy atom. The van der Waals surface area contributed by atoms with Crippen LogP contribution in [-0.2, 0) is 4.79 Å². The normalized spacial score (nSPS) is 14.3. The van der Waals surface area contributed by atoms with Crippen molar-refractivity contribution in [3.8, 4) is 0 Å². The topological polar surface area (TPSA) is 35.6 Å². The van der Waals surface area contributed by atoms with E-state index in [1.165, 1.54) is 25.9 Å². The van der Waals surface area contributed by atoms with Crippen LogP contribution in [0.5, 0.6) is 0 Å². The summed E-state index contributed by atoms with van der Waals surface area (Å²) in [7, 11) is 1.99. The van der Waals surface area contributed by atoms with Crippen LogP contribution in [0, 0.1) is 6.92 Å². The van der Waals surface area contributed by atoms with E-state index in [-0.39, 0.29) is 30.7 Å².